The van der Waals surface area contributed by atoms with Gasteiger partial charge in [-0.25, -0.2) is 9.89 Å². The number of thiophene rings is 1. The molecule has 0 aliphatic rings. The summed E-state index contributed by atoms with van der Waals surface area (Å²) in [6.07, 6.45) is 3.07. The second-order valence-corrected chi connectivity index (χ2v) is 6.19. The lowest BCUT2D eigenvalue weighted by atomic mass is 10.1. The summed E-state index contributed by atoms with van der Waals surface area (Å²) in [5, 5.41) is 10.1. The van der Waals surface area contributed by atoms with Crippen LogP contribution in [0.2, 0.25) is 0 Å². The quantitative estimate of drug-likeness (QED) is 0.605. The van der Waals surface area contributed by atoms with E-state index in [1.165, 1.54) is 6.33 Å². The minimum absolute atomic E-state index is 0. The summed E-state index contributed by atoms with van der Waals surface area (Å²) in [6.45, 7) is 0.525. The van der Waals surface area contributed by atoms with Gasteiger partial charge in [-0.3, -0.25) is 4.57 Å². The van der Waals surface area contributed by atoms with Gasteiger partial charge in [0.15, 0.2) is 0 Å². The van der Waals surface area contributed by atoms with Crippen LogP contribution in [0.25, 0.3) is 21.7 Å². The van der Waals surface area contributed by atoms with Crippen molar-refractivity contribution in [1.82, 2.24) is 19.9 Å². The topological polar surface area (TPSA) is 76.7 Å². The number of rotatable bonds is 4. The number of hydrogen-bond acceptors (Lipinski definition) is 5. The van der Waals surface area contributed by atoms with Gasteiger partial charge in [0.2, 0.25) is 0 Å². The van der Waals surface area contributed by atoms with Crippen LogP contribution in [0.15, 0.2) is 64.4 Å². The highest BCUT2D eigenvalue weighted by molar-refractivity contribution is 7.15. The summed E-state index contributed by atoms with van der Waals surface area (Å²) in [7, 11) is 0. The molecule has 0 spiro atoms. The zero-order chi connectivity index (χ0) is 15.6. The maximum absolute atomic E-state index is 11.5. The summed E-state index contributed by atoms with van der Waals surface area (Å²) in [5.74, 6) is 0. The summed E-state index contributed by atoms with van der Waals surface area (Å²) in [6, 6.07) is 14.1. The normalized spacial score (nSPS) is 10.5. The van der Waals surface area contributed by atoms with Crippen LogP contribution < -0.4 is 5.69 Å². The molecule has 6 nitrogen and oxygen atoms in total. The maximum atomic E-state index is 11.5. The van der Waals surface area contributed by atoms with Crippen LogP contribution in [0.5, 0.6) is 0 Å². The van der Waals surface area contributed by atoms with Crippen LogP contribution in [0.3, 0.4) is 0 Å². The van der Waals surface area contributed by atoms with E-state index in [2.05, 4.69) is 33.6 Å². The molecule has 3 heterocycles. The van der Waals surface area contributed by atoms with Gasteiger partial charge >= 0.3 is 5.69 Å². The number of H-pyrrole nitrogens is 1. The van der Waals surface area contributed by atoms with Crippen molar-refractivity contribution in [2.45, 2.75) is 6.54 Å². The van der Waals surface area contributed by atoms with Gasteiger partial charge in [-0.05, 0) is 17.7 Å². The van der Waals surface area contributed by atoms with Crippen LogP contribution in [0.1, 0.15) is 4.88 Å². The molecule has 0 unspecified atom stereocenters. The van der Waals surface area contributed by atoms with Gasteiger partial charge in [-0.15, -0.1) is 23.7 Å². The van der Waals surface area contributed by atoms with Crippen LogP contribution in [0.4, 0.5) is 0 Å². The Morgan fingerprint density at radius 1 is 1.08 bits per heavy atom. The second kappa shape index (κ2) is 6.86. The maximum Gasteiger partial charge on any atom is 0.343 e. The molecule has 0 bridgehead atoms. The van der Waals surface area contributed by atoms with Crippen molar-refractivity contribution in [3.63, 3.8) is 0 Å². The zero-order valence-corrected chi connectivity index (χ0v) is 14.0. The Morgan fingerprint density at radius 2 is 1.88 bits per heavy atom. The summed E-state index contributed by atoms with van der Waals surface area (Å²) in [5.41, 5.74) is 2.77. The third kappa shape index (κ3) is 3.17. The fraction of sp³-hybridized carbons (Fsp3) is 0.0625. The molecule has 8 heteroatoms. The van der Waals surface area contributed by atoms with Crippen LogP contribution in [0, 0.1) is 0 Å². The van der Waals surface area contributed by atoms with Crippen LogP contribution in [-0.4, -0.2) is 19.9 Å². The molecule has 24 heavy (non-hydrogen) atoms. The first-order valence-corrected chi connectivity index (χ1v) is 7.81. The number of aromatic nitrogens is 4. The Labute approximate surface area is 147 Å². The monoisotopic (exact) mass is 360 g/mol. The largest absolute Gasteiger partial charge is 0.364 e. The summed E-state index contributed by atoms with van der Waals surface area (Å²) in [4.78, 5) is 13.7. The third-order valence-electron chi connectivity index (χ3n) is 3.51. The van der Waals surface area contributed by atoms with Crippen molar-refractivity contribution in [3.8, 4) is 21.7 Å². The highest BCUT2D eigenvalue weighted by Crippen LogP contribution is 2.30. The molecule has 0 aliphatic heterocycles. The number of hydrogen-bond donors (Lipinski definition) is 1. The van der Waals surface area contributed by atoms with Gasteiger partial charge in [0.05, 0.1) is 6.54 Å². The minimum atomic E-state index is -0.197. The average molecular weight is 361 g/mol. The molecule has 0 saturated carbocycles. The summed E-state index contributed by atoms with van der Waals surface area (Å²) >= 11 is 1.66. The van der Waals surface area contributed by atoms with Gasteiger partial charge in [-0.2, -0.15) is 5.10 Å². The first-order chi connectivity index (χ1) is 11.3. The standard InChI is InChI=1S/C16H12N4O2S.ClH/c21-16-18-17-10-20(16)9-13-5-6-15(23-13)12-3-1-11(2-4-12)14-7-8-22-19-14;/h1-8,10H,9H2,(H,18,21);1H. The van der Waals surface area contributed by atoms with E-state index in [-0.39, 0.29) is 18.1 Å². The number of nitrogens with zero attached hydrogens (tertiary/aromatic N) is 3. The van der Waals surface area contributed by atoms with Crippen molar-refractivity contribution in [2.75, 3.05) is 0 Å². The van der Waals surface area contributed by atoms with E-state index >= 15 is 0 Å². The van der Waals surface area contributed by atoms with E-state index in [0.29, 0.717) is 6.54 Å². The zero-order valence-electron chi connectivity index (χ0n) is 12.4. The van der Waals surface area contributed by atoms with Gasteiger partial charge in [-0.1, -0.05) is 29.4 Å². The molecule has 1 aromatic carbocycles. The lowest BCUT2D eigenvalue weighted by Crippen LogP contribution is -2.16. The molecule has 0 amide bonds. The van der Waals surface area contributed by atoms with E-state index in [4.69, 9.17) is 4.52 Å². The smallest absolute Gasteiger partial charge is 0.343 e. The number of nitrogens with one attached hydrogen (secondary N) is 1. The van der Waals surface area contributed by atoms with Gasteiger partial charge < -0.3 is 4.52 Å². The fourth-order valence-electron chi connectivity index (χ4n) is 2.34. The minimum Gasteiger partial charge on any atom is -0.364 e. The molecule has 0 atom stereocenters. The van der Waals surface area contributed by atoms with Crippen molar-refractivity contribution in [1.29, 1.82) is 0 Å². The first-order valence-electron chi connectivity index (χ1n) is 6.99. The Bertz CT molecular complexity index is 970. The van der Waals surface area contributed by atoms with Gasteiger partial charge in [0, 0.05) is 21.4 Å². The fourth-order valence-corrected chi connectivity index (χ4v) is 3.35. The van der Waals surface area contributed by atoms with E-state index < -0.39 is 0 Å². The summed E-state index contributed by atoms with van der Waals surface area (Å²) < 4.78 is 6.41. The van der Waals surface area contributed by atoms with Crippen molar-refractivity contribution in [2.24, 2.45) is 0 Å². The van der Waals surface area contributed by atoms with Crippen molar-refractivity contribution in [3.05, 3.63) is 70.4 Å². The number of aromatic amines is 1. The highest BCUT2D eigenvalue weighted by Gasteiger charge is 2.06. The Balaban J connectivity index is 0.00000169. The van der Waals surface area contributed by atoms with Gasteiger partial charge in [0.25, 0.3) is 0 Å². The molecular weight excluding hydrogens is 348 g/mol. The first kappa shape index (κ1) is 16.2. The second-order valence-electron chi connectivity index (χ2n) is 5.02. The van der Waals surface area contributed by atoms with Crippen LogP contribution in [-0.2, 0) is 6.54 Å². The third-order valence-corrected chi connectivity index (χ3v) is 4.63. The van der Waals surface area contributed by atoms with E-state index in [0.717, 1.165) is 26.6 Å². The molecule has 0 fully saturated rings. The highest BCUT2D eigenvalue weighted by atomic mass is 35.5. The molecule has 0 aliphatic carbocycles. The van der Waals surface area contributed by atoms with Gasteiger partial charge in [0.1, 0.15) is 18.3 Å². The Hall–Kier alpha value is -2.64. The predicted octanol–water partition coefficient (Wildman–Crippen LogP) is 3.43. The molecule has 1 N–H and O–H groups in total. The van der Waals surface area contributed by atoms with E-state index in [1.807, 2.05) is 24.3 Å². The van der Waals surface area contributed by atoms with Crippen molar-refractivity contribution >= 4 is 23.7 Å². The Kier molecular flexibility index (Phi) is 4.64. The number of halogens is 1. The lowest BCUT2D eigenvalue weighted by Gasteiger charge is -2.00. The lowest BCUT2D eigenvalue weighted by molar-refractivity contribution is 0.422. The Morgan fingerprint density at radius 3 is 2.54 bits per heavy atom. The number of benzene rings is 1. The molecule has 0 saturated heterocycles. The van der Waals surface area contributed by atoms with E-state index in [9.17, 15) is 4.79 Å². The molecule has 4 rings (SSSR count). The molecule has 3 aromatic heterocycles. The van der Waals surface area contributed by atoms with Crippen LogP contribution >= 0.6 is 23.7 Å². The van der Waals surface area contributed by atoms with E-state index in [1.54, 1.807) is 22.2 Å². The molecule has 122 valence electrons. The average Bonchev–Trinajstić information content (AvgIpc) is 3.31. The van der Waals surface area contributed by atoms with Crippen molar-refractivity contribution < 1.29 is 4.52 Å². The molecular formula is C16H13ClN4O2S. The predicted molar refractivity (Wildman–Crippen MR) is 94.4 cm³/mol. The molecule has 0 radical (unpaired) electrons. The molecule has 4 aromatic rings. The SMILES string of the molecule is Cl.O=c1[nH]ncn1Cc1ccc(-c2ccc(-c3ccon3)cc2)s1.